The predicted molar refractivity (Wildman–Crippen MR) is 98.8 cm³/mol. The van der Waals surface area contributed by atoms with Crippen LogP contribution < -0.4 is 5.32 Å². The van der Waals surface area contributed by atoms with Crippen LogP contribution in [0.5, 0.6) is 0 Å². The van der Waals surface area contributed by atoms with Gasteiger partial charge in [-0.25, -0.2) is 4.99 Å². The van der Waals surface area contributed by atoms with Crippen LogP contribution in [0.1, 0.15) is 41.5 Å². The van der Waals surface area contributed by atoms with Gasteiger partial charge in [0.1, 0.15) is 5.54 Å². The molecule has 4 rings (SSSR count). The number of guanidine groups is 1. The zero-order chi connectivity index (χ0) is 17.4. The minimum absolute atomic E-state index is 0.0626. The molecular formula is C18H26N4O2S. The van der Waals surface area contributed by atoms with Crippen molar-refractivity contribution in [3.05, 3.63) is 21.9 Å². The van der Waals surface area contributed by atoms with Gasteiger partial charge in [-0.3, -0.25) is 15.0 Å². The Labute approximate surface area is 152 Å². The van der Waals surface area contributed by atoms with Crippen LogP contribution in [0, 0.1) is 0 Å². The summed E-state index contributed by atoms with van der Waals surface area (Å²) in [5.74, 6) is 0.755. The summed E-state index contributed by atoms with van der Waals surface area (Å²) in [6, 6.07) is 4.45. The number of hydrogen-bond acceptors (Lipinski definition) is 6. The summed E-state index contributed by atoms with van der Waals surface area (Å²) < 4.78 is 5.78. The number of aliphatic imine (C=N–C) groups is 1. The maximum Gasteiger partial charge on any atom is 0.254 e. The minimum Gasteiger partial charge on any atom is -0.373 e. The molecule has 0 bridgehead atoms. The van der Waals surface area contributed by atoms with Gasteiger partial charge < -0.3 is 9.64 Å². The Morgan fingerprint density at radius 3 is 2.84 bits per heavy atom. The van der Waals surface area contributed by atoms with Crippen LogP contribution in [0.4, 0.5) is 0 Å². The molecule has 136 valence electrons. The SMILES string of the molecule is CN(C)C1=NC2(CCN(Cc3ccc([C@@H]4CCCO4)s3)CC2)C(=O)N1. The third-order valence-electron chi connectivity index (χ3n) is 5.38. The van der Waals surface area contributed by atoms with Crippen molar-refractivity contribution in [3.8, 4) is 0 Å². The van der Waals surface area contributed by atoms with Crippen LogP contribution in [0.3, 0.4) is 0 Å². The normalized spacial score (nSPS) is 26.1. The number of rotatable bonds is 3. The molecule has 1 amide bonds. The number of amides is 1. The molecule has 1 spiro atoms. The van der Waals surface area contributed by atoms with Crippen LogP contribution >= 0.6 is 11.3 Å². The van der Waals surface area contributed by atoms with Gasteiger partial charge in [0.15, 0.2) is 0 Å². The topological polar surface area (TPSA) is 57.2 Å². The first kappa shape index (κ1) is 17.0. The Morgan fingerprint density at radius 1 is 1.40 bits per heavy atom. The standard InChI is InChI=1S/C18H26N4O2S/c1-21(2)17-19-16(23)18(20-17)7-9-22(10-8-18)12-13-5-6-15(25-13)14-4-3-11-24-14/h5-6,14H,3-4,7-12H2,1-2H3,(H,19,20,23)/t14-/m0/s1. The maximum atomic E-state index is 12.4. The average molecular weight is 362 g/mol. The molecule has 0 radical (unpaired) electrons. The second kappa shape index (κ2) is 6.70. The molecular weight excluding hydrogens is 336 g/mol. The maximum absolute atomic E-state index is 12.4. The molecule has 0 unspecified atom stereocenters. The van der Waals surface area contributed by atoms with Gasteiger partial charge in [-0.1, -0.05) is 0 Å². The molecule has 0 aliphatic carbocycles. The van der Waals surface area contributed by atoms with E-state index >= 15 is 0 Å². The summed E-state index contributed by atoms with van der Waals surface area (Å²) in [6.07, 6.45) is 4.21. The van der Waals surface area contributed by atoms with Crippen LogP contribution in [0.25, 0.3) is 0 Å². The molecule has 2 fully saturated rings. The molecule has 1 aromatic rings. The predicted octanol–water partition coefficient (Wildman–Crippen LogP) is 1.98. The van der Waals surface area contributed by atoms with E-state index in [-0.39, 0.29) is 5.91 Å². The number of nitrogens with zero attached hydrogens (tertiary/aromatic N) is 3. The Morgan fingerprint density at radius 2 is 2.20 bits per heavy atom. The van der Waals surface area contributed by atoms with Crippen molar-refractivity contribution in [3.63, 3.8) is 0 Å². The molecule has 1 aromatic heterocycles. The summed E-state index contributed by atoms with van der Waals surface area (Å²) in [5.41, 5.74) is -0.547. The third-order valence-corrected chi connectivity index (χ3v) is 6.55. The van der Waals surface area contributed by atoms with E-state index in [1.165, 1.54) is 16.2 Å². The van der Waals surface area contributed by atoms with E-state index < -0.39 is 5.54 Å². The number of thiophene rings is 1. The van der Waals surface area contributed by atoms with Gasteiger partial charge in [-0.2, -0.15) is 0 Å². The van der Waals surface area contributed by atoms with Crippen LogP contribution in [0.15, 0.2) is 17.1 Å². The quantitative estimate of drug-likeness (QED) is 0.893. The molecule has 3 aliphatic rings. The summed E-state index contributed by atoms with van der Waals surface area (Å²) in [4.78, 5) is 24.1. The molecule has 6 nitrogen and oxygen atoms in total. The summed E-state index contributed by atoms with van der Waals surface area (Å²) >= 11 is 1.87. The molecule has 7 heteroatoms. The largest absolute Gasteiger partial charge is 0.373 e. The van der Waals surface area contributed by atoms with Crippen LogP contribution in [0.2, 0.25) is 0 Å². The molecule has 2 saturated heterocycles. The van der Waals surface area contributed by atoms with E-state index in [1.54, 1.807) is 0 Å². The van der Waals surface area contributed by atoms with Crippen molar-refractivity contribution in [1.82, 2.24) is 15.1 Å². The lowest BCUT2D eigenvalue weighted by Crippen LogP contribution is -2.49. The van der Waals surface area contributed by atoms with Gasteiger partial charge in [-0.05, 0) is 37.8 Å². The lowest BCUT2D eigenvalue weighted by atomic mass is 9.88. The summed E-state index contributed by atoms with van der Waals surface area (Å²) in [7, 11) is 3.82. The van der Waals surface area contributed by atoms with Crippen LogP contribution in [-0.4, -0.2) is 61.0 Å². The average Bonchev–Trinajstić information content (AvgIpc) is 3.31. The first-order valence-corrected chi connectivity index (χ1v) is 9.89. The molecule has 25 heavy (non-hydrogen) atoms. The van der Waals surface area contributed by atoms with Crippen molar-refractivity contribution in [2.24, 2.45) is 4.99 Å². The number of ether oxygens (including phenoxy) is 1. The van der Waals surface area contributed by atoms with Gasteiger partial charge in [0.05, 0.1) is 6.10 Å². The fourth-order valence-electron chi connectivity index (χ4n) is 3.81. The molecule has 1 atom stereocenters. The first-order valence-electron chi connectivity index (χ1n) is 9.07. The van der Waals surface area contributed by atoms with Crippen molar-refractivity contribution >= 4 is 23.2 Å². The second-order valence-electron chi connectivity index (χ2n) is 7.40. The number of piperidine rings is 1. The highest BCUT2D eigenvalue weighted by Crippen LogP contribution is 2.35. The molecule has 3 aliphatic heterocycles. The highest BCUT2D eigenvalue weighted by molar-refractivity contribution is 7.12. The molecule has 0 aromatic carbocycles. The van der Waals surface area contributed by atoms with Gasteiger partial charge in [0.2, 0.25) is 5.96 Å². The Balaban J connectivity index is 1.36. The third kappa shape index (κ3) is 3.32. The van der Waals surface area contributed by atoms with E-state index in [1.807, 2.05) is 30.3 Å². The van der Waals surface area contributed by atoms with Crippen molar-refractivity contribution in [2.45, 2.75) is 43.9 Å². The Bertz CT molecular complexity index is 670. The second-order valence-corrected chi connectivity index (χ2v) is 8.60. The molecule has 1 N–H and O–H groups in total. The van der Waals surface area contributed by atoms with Crippen molar-refractivity contribution < 1.29 is 9.53 Å². The zero-order valence-corrected chi connectivity index (χ0v) is 15.8. The highest BCUT2D eigenvalue weighted by Gasteiger charge is 2.46. The lowest BCUT2D eigenvalue weighted by molar-refractivity contribution is -0.125. The van der Waals surface area contributed by atoms with Gasteiger partial charge in [0, 0.05) is 50.1 Å². The Hall–Kier alpha value is -1.44. The van der Waals surface area contributed by atoms with Gasteiger partial charge in [-0.15, -0.1) is 11.3 Å². The number of hydrogen-bond donors (Lipinski definition) is 1. The van der Waals surface area contributed by atoms with E-state index in [0.29, 0.717) is 12.1 Å². The Kier molecular flexibility index (Phi) is 4.56. The van der Waals surface area contributed by atoms with Crippen molar-refractivity contribution in [1.29, 1.82) is 0 Å². The highest BCUT2D eigenvalue weighted by atomic mass is 32.1. The fourth-order valence-corrected chi connectivity index (χ4v) is 4.95. The zero-order valence-electron chi connectivity index (χ0n) is 15.0. The van der Waals surface area contributed by atoms with E-state index in [0.717, 1.165) is 45.5 Å². The molecule has 4 heterocycles. The van der Waals surface area contributed by atoms with Gasteiger partial charge in [0.25, 0.3) is 5.91 Å². The van der Waals surface area contributed by atoms with E-state index in [4.69, 9.17) is 9.73 Å². The smallest absolute Gasteiger partial charge is 0.254 e. The number of nitrogens with one attached hydrogen (secondary N) is 1. The lowest BCUT2D eigenvalue weighted by Gasteiger charge is -2.35. The van der Waals surface area contributed by atoms with Crippen LogP contribution in [-0.2, 0) is 16.1 Å². The summed E-state index contributed by atoms with van der Waals surface area (Å²) in [6.45, 7) is 3.67. The van der Waals surface area contributed by atoms with E-state index in [2.05, 4.69) is 22.3 Å². The monoisotopic (exact) mass is 362 g/mol. The summed E-state index contributed by atoms with van der Waals surface area (Å²) in [5, 5.41) is 2.92. The first-order chi connectivity index (χ1) is 12.1. The van der Waals surface area contributed by atoms with Gasteiger partial charge >= 0.3 is 0 Å². The number of likely N-dealkylation sites (tertiary alicyclic amines) is 1. The number of carbonyl (C=O) groups is 1. The van der Waals surface area contributed by atoms with E-state index in [9.17, 15) is 4.79 Å². The fraction of sp³-hybridized carbons (Fsp3) is 0.667. The minimum atomic E-state index is -0.547. The number of carbonyl (C=O) groups excluding carboxylic acids is 1. The molecule has 0 saturated carbocycles. The van der Waals surface area contributed by atoms with Crippen molar-refractivity contribution in [2.75, 3.05) is 33.8 Å².